The van der Waals surface area contributed by atoms with Crippen molar-refractivity contribution in [2.75, 3.05) is 0 Å². The first kappa shape index (κ1) is 12.8. The van der Waals surface area contributed by atoms with Crippen molar-refractivity contribution in [3.05, 3.63) is 35.9 Å². The second-order valence-corrected chi connectivity index (χ2v) is 4.67. The Hall–Kier alpha value is -1.31. The Labute approximate surface area is 97.9 Å². The normalized spacial score (nSPS) is 14.4. The standard InChI is InChI=1S/C14H21NO/c1-11(10-12(2)14(15)16)8-9-13-6-4-3-5-7-13/h3-7,11-12H,8-10H2,1-2H3,(H2,15,16). The van der Waals surface area contributed by atoms with Crippen LogP contribution < -0.4 is 5.73 Å². The number of carbonyl (C=O) groups excluding carboxylic acids is 1. The number of amides is 1. The maximum atomic E-state index is 10.9. The van der Waals surface area contributed by atoms with Gasteiger partial charge in [-0.1, -0.05) is 44.2 Å². The first-order valence-corrected chi connectivity index (χ1v) is 5.93. The molecule has 16 heavy (non-hydrogen) atoms. The van der Waals surface area contributed by atoms with E-state index in [4.69, 9.17) is 5.73 Å². The summed E-state index contributed by atoms with van der Waals surface area (Å²) in [4.78, 5) is 10.9. The molecule has 0 saturated carbocycles. The van der Waals surface area contributed by atoms with Gasteiger partial charge < -0.3 is 5.73 Å². The second kappa shape index (κ2) is 6.31. The highest BCUT2D eigenvalue weighted by atomic mass is 16.1. The van der Waals surface area contributed by atoms with Crippen LogP contribution in [0.5, 0.6) is 0 Å². The van der Waals surface area contributed by atoms with E-state index in [1.807, 2.05) is 13.0 Å². The van der Waals surface area contributed by atoms with Gasteiger partial charge in [0.25, 0.3) is 0 Å². The van der Waals surface area contributed by atoms with E-state index in [1.165, 1.54) is 5.56 Å². The molecule has 1 aromatic carbocycles. The zero-order chi connectivity index (χ0) is 12.0. The molecule has 0 heterocycles. The van der Waals surface area contributed by atoms with Crippen molar-refractivity contribution >= 4 is 5.91 Å². The van der Waals surface area contributed by atoms with Crippen molar-refractivity contribution < 1.29 is 4.79 Å². The van der Waals surface area contributed by atoms with Gasteiger partial charge >= 0.3 is 0 Å². The third kappa shape index (κ3) is 4.47. The van der Waals surface area contributed by atoms with E-state index in [-0.39, 0.29) is 11.8 Å². The average Bonchev–Trinajstić information content (AvgIpc) is 2.27. The minimum Gasteiger partial charge on any atom is -0.369 e. The smallest absolute Gasteiger partial charge is 0.220 e. The third-order valence-electron chi connectivity index (χ3n) is 3.01. The number of benzene rings is 1. The summed E-state index contributed by atoms with van der Waals surface area (Å²) in [5, 5.41) is 0. The van der Waals surface area contributed by atoms with Crippen LogP contribution in [0.2, 0.25) is 0 Å². The van der Waals surface area contributed by atoms with Gasteiger partial charge in [-0.2, -0.15) is 0 Å². The van der Waals surface area contributed by atoms with E-state index in [0.29, 0.717) is 5.92 Å². The Balaban J connectivity index is 2.30. The number of hydrogen-bond acceptors (Lipinski definition) is 1. The highest BCUT2D eigenvalue weighted by Gasteiger charge is 2.13. The number of nitrogens with two attached hydrogens (primary N) is 1. The van der Waals surface area contributed by atoms with Crippen molar-refractivity contribution in [3.8, 4) is 0 Å². The first-order chi connectivity index (χ1) is 7.59. The van der Waals surface area contributed by atoms with E-state index in [1.54, 1.807) is 0 Å². The molecule has 2 heteroatoms. The summed E-state index contributed by atoms with van der Waals surface area (Å²) in [6.07, 6.45) is 3.08. The van der Waals surface area contributed by atoms with Gasteiger partial charge in [0.05, 0.1) is 0 Å². The average molecular weight is 219 g/mol. The minimum absolute atomic E-state index is 0.00854. The number of carbonyl (C=O) groups is 1. The molecular formula is C14H21NO. The van der Waals surface area contributed by atoms with Crippen molar-refractivity contribution in [2.45, 2.75) is 33.1 Å². The van der Waals surface area contributed by atoms with E-state index in [0.717, 1.165) is 19.3 Å². The van der Waals surface area contributed by atoms with Gasteiger partial charge in [0.2, 0.25) is 5.91 Å². The summed E-state index contributed by atoms with van der Waals surface area (Å²) in [6, 6.07) is 10.4. The highest BCUT2D eigenvalue weighted by Crippen LogP contribution is 2.17. The molecule has 2 nitrogen and oxygen atoms in total. The van der Waals surface area contributed by atoms with Gasteiger partial charge in [-0.05, 0) is 30.7 Å². The molecule has 2 N–H and O–H groups in total. The lowest BCUT2D eigenvalue weighted by Crippen LogP contribution is -2.22. The van der Waals surface area contributed by atoms with Gasteiger partial charge in [-0.25, -0.2) is 0 Å². The number of primary amides is 1. The quantitative estimate of drug-likeness (QED) is 0.785. The SMILES string of the molecule is CC(CCc1ccccc1)CC(C)C(N)=O. The van der Waals surface area contributed by atoms with Gasteiger partial charge in [-0.3, -0.25) is 4.79 Å². The Kier molecular flexibility index (Phi) is 5.03. The maximum absolute atomic E-state index is 10.9. The zero-order valence-corrected chi connectivity index (χ0v) is 10.1. The van der Waals surface area contributed by atoms with Crippen LogP contribution in [0.4, 0.5) is 0 Å². The molecule has 0 bridgehead atoms. The molecule has 0 spiro atoms. The molecule has 0 aromatic heterocycles. The van der Waals surface area contributed by atoms with E-state index >= 15 is 0 Å². The van der Waals surface area contributed by atoms with Gasteiger partial charge in [0, 0.05) is 5.92 Å². The van der Waals surface area contributed by atoms with Crippen LogP contribution in [0.1, 0.15) is 32.3 Å². The van der Waals surface area contributed by atoms with Crippen molar-refractivity contribution in [3.63, 3.8) is 0 Å². The lowest BCUT2D eigenvalue weighted by Gasteiger charge is -2.14. The summed E-state index contributed by atoms with van der Waals surface area (Å²) < 4.78 is 0. The summed E-state index contributed by atoms with van der Waals surface area (Å²) in [5.41, 5.74) is 6.61. The number of aryl methyl sites for hydroxylation is 1. The third-order valence-corrected chi connectivity index (χ3v) is 3.01. The molecule has 0 aliphatic heterocycles. The Morgan fingerprint density at radius 1 is 1.25 bits per heavy atom. The number of rotatable bonds is 6. The fourth-order valence-electron chi connectivity index (χ4n) is 1.90. The fraction of sp³-hybridized carbons (Fsp3) is 0.500. The summed E-state index contributed by atoms with van der Waals surface area (Å²) >= 11 is 0. The van der Waals surface area contributed by atoms with Gasteiger partial charge in [0.1, 0.15) is 0 Å². The zero-order valence-electron chi connectivity index (χ0n) is 10.1. The predicted octanol–water partition coefficient (Wildman–Crippen LogP) is 2.77. The Morgan fingerprint density at radius 2 is 1.88 bits per heavy atom. The molecule has 0 aliphatic carbocycles. The molecule has 0 saturated heterocycles. The molecule has 2 unspecified atom stereocenters. The molecule has 0 radical (unpaired) electrons. The van der Waals surface area contributed by atoms with E-state index < -0.39 is 0 Å². The van der Waals surface area contributed by atoms with Crippen molar-refractivity contribution in [1.82, 2.24) is 0 Å². The molecule has 2 atom stereocenters. The van der Waals surface area contributed by atoms with Crippen LogP contribution in [-0.2, 0) is 11.2 Å². The minimum atomic E-state index is -0.188. The largest absolute Gasteiger partial charge is 0.369 e. The molecule has 0 fully saturated rings. The van der Waals surface area contributed by atoms with E-state index in [2.05, 4.69) is 31.2 Å². The van der Waals surface area contributed by atoms with Crippen molar-refractivity contribution in [1.29, 1.82) is 0 Å². The molecule has 1 aromatic rings. The molecule has 0 aliphatic rings. The van der Waals surface area contributed by atoms with Crippen molar-refractivity contribution in [2.24, 2.45) is 17.6 Å². The van der Waals surface area contributed by atoms with Crippen LogP contribution in [0, 0.1) is 11.8 Å². The number of hydrogen-bond donors (Lipinski definition) is 1. The van der Waals surface area contributed by atoms with Crippen LogP contribution in [0.15, 0.2) is 30.3 Å². The summed E-state index contributed by atoms with van der Waals surface area (Å²) in [7, 11) is 0. The van der Waals surface area contributed by atoms with Crippen LogP contribution in [0.3, 0.4) is 0 Å². The van der Waals surface area contributed by atoms with Crippen LogP contribution in [0.25, 0.3) is 0 Å². The highest BCUT2D eigenvalue weighted by molar-refractivity contribution is 5.76. The second-order valence-electron chi connectivity index (χ2n) is 4.67. The summed E-state index contributed by atoms with van der Waals surface area (Å²) in [5.74, 6) is 0.347. The van der Waals surface area contributed by atoms with Gasteiger partial charge in [0.15, 0.2) is 0 Å². The molecule has 1 amide bonds. The van der Waals surface area contributed by atoms with E-state index in [9.17, 15) is 4.79 Å². The van der Waals surface area contributed by atoms with Gasteiger partial charge in [-0.15, -0.1) is 0 Å². The monoisotopic (exact) mass is 219 g/mol. The molecular weight excluding hydrogens is 198 g/mol. The van der Waals surface area contributed by atoms with Crippen LogP contribution in [-0.4, -0.2) is 5.91 Å². The summed E-state index contributed by atoms with van der Waals surface area (Å²) in [6.45, 7) is 4.09. The first-order valence-electron chi connectivity index (χ1n) is 5.93. The molecule has 88 valence electrons. The Morgan fingerprint density at radius 3 is 2.44 bits per heavy atom. The topological polar surface area (TPSA) is 43.1 Å². The Bertz CT molecular complexity index is 321. The predicted molar refractivity (Wildman–Crippen MR) is 66.9 cm³/mol. The maximum Gasteiger partial charge on any atom is 0.220 e. The molecule has 1 rings (SSSR count). The fourth-order valence-corrected chi connectivity index (χ4v) is 1.90. The lowest BCUT2D eigenvalue weighted by atomic mass is 9.92. The lowest BCUT2D eigenvalue weighted by molar-refractivity contribution is -0.121. The van der Waals surface area contributed by atoms with Crippen LogP contribution >= 0.6 is 0 Å².